The first-order valence-corrected chi connectivity index (χ1v) is 7.45. The van der Waals surface area contributed by atoms with Gasteiger partial charge in [-0.2, -0.15) is 0 Å². The molecule has 1 unspecified atom stereocenters. The lowest BCUT2D eigenvalue weighted by atomic mass is 9.95. The molecule has 0 bridgehead atoms. The zero-order valence-electron chi connectivity index (χ0n) is 12.3. The van der Waals surface area contributed by atoms with Crippen molar-refractivity contribution in [3.8, 4) is 0 Å². The largest absolute Gasteiger partial charge is 0.481 e. The van der Waals surface area contributed by atoms with Crippen LogP contribution in [0.3, 0.4) is 0 Å². The number of anilines is 1. The highest BCUT2D eigenvalue weighted by Crippen LogP contribution is 2.20. The van der Waals surface area contributed by atoms with Crippen LogP contribution in [0.15, 0.2) is 24.3 Å². The standard InChI is InChI=1S/C16H22N2O3/c1-2-12-5-7-14(8-6-12)17-16(21)18-9-3-4-13(11-18)10-15(19)20/h5-8,13H,2-4,9-11H2,1H3,(H,17,21)(H,19,20). The second-order valence-corrected chi connectivity index (χ2v) is 5.53. The maximum atomic E-state index is 12.2. The molecular formula is C16H22N2O3. The van der Waals surface area contributed by atoms with Crippen LogP contribution in [0.5, 0.6) is 0 Å². The van der Waals surface area contributed by atoms with Crippen molar-refractivity contribution >= 4 is 17.7 Å². The number of aliphatic carboxylic acids is 1. The summed E-state index contributed by atoms with van der Waals surface area (Å²) >= 11 is 0. The normalized spacial score (nSPS) is 18.3. The van der Waals surface area contributed by atoms with Crippen LogP contribution in [0.2, 0.25) is 0 Å². The summed E-state index contributed by atoms with van der Waals surface area (Å²) in [5, 5.41) is 11.7. The van der Waals surface area contributed by atoms with Crippen molar-refractivity contribution in [1.82, 2.24) is 4.90 Å². The highest BCUT2D eigenvalue weighted by atomic mass is 16.4. The van der Waals surface area contributed by atoms with Crippen molar-refractivity contribution in [2.24, 2.45) is 5.92 Å². The number of rotatable bonds is 4. The maximum Gasteiger partial charge on any atom is 0.321 e. The molecule has 1 atom stereocenters. The quantitative estimate of drug-likeness (QED) is 0.895. The van der Waals surface area contributed by atoms with Crippen LogP contribution in [0.1, 0.15) is 31.7 Å². The number of nitrogens with one attached hydrogen (secondary N) is 1. The van der Waals surface area contributed by atoms with Gasteiger partial charge in [0.15, 0.2) is 0 Å². The SMILES string of the molecule is CCc1ccc(NC(=O)N2CCCC(CC(=O)O)C2)cc1. The van der Waals surface area contributed by atoms with E-state index in [0.29, 0.717) is 13.1 Å². The van der Waals surface area contributed by atoms with Gasteiger partial charge in [-0.15, -0.1) is 0 Å². The van der Waals surface area contributed by atoms with Gasteiger partial charge in [-0.1, -0.05) is 19.1 Å². The molecule has 1 fully saturated rings. The third kappa shape index (κ3) is 4.48. The van der Waals surface area contributed by atoms with Crippen LogP contribution in [0, 0.1) is 5.92 Å². The number of hydrogen-bond acceptors (Lipinski definition) is 2. The lowest BCUT2D eigenvalue weighted by Gasteiger charge is -2.32. The topological polar surface area (TPSA) is 69.6 Å². The van der Waals surface area contributed by atoms with E-state index in [1.165, 1.54) is 5.56 Å². The van der Waals surface area contributed by atoms with Crippen molar-refractivity contribution in [2.75, 3.05) is 18.4 Å². The first-order valence-electron chi connectivity index (χ1n) is 7.45. The van der Waals surface area contributed by atoms with Gasteiger partial charge in [0.05, 0.1) is 0 Å². The first-order chi connectivity index (χ1) is 10.1. The molecule has 1 aliphatic rings. The molecule has 2 amide bonds. The summed E-state index contributed by atoms with van der Waals surface area (Å²) in [7, 11) is 0. The summed E-state index contributed by atoms with van der Waals surface area (Å²) < 4.78 is 0. The van der Waals surface area contributed by atoms with Crippen LogP contribution >= 0.6 is 0 Å². The molecule has 0 radical (unpaired) electrons. The Morgan fingerprint density at radius 1 is 1.33 bits per heavy atom. The van der Waals surface area contributed by atoms with E-state index >= 15 is 0 Å². The van der Waals surface area contributed by atoms with Crippen molar-refractivity contribution in [3.63, 3.8) is 0 Å². The van der Waals surface area contributed by atoms with Crippen molar-refractivity contribution in [2.45, 2.75) is 32.6 Å². The van der Waals surface area contributed by atoms with E-state index in [-0.39, 0.29) is 18.4 Å². The Balaban J connectivity index is 1.91. The molecule has 2 rings (SSSR count). The van der Waals surface area contributed by atoms with Gasteiger partial charge in [0.2, 0.25) is 0 Å². The van der Waals surface area contributed by atoms with Gasteiger partial charge in [-0.3, -0.25) is 4.79 Å². The number of carbonyl (C=O) groups excluding carboxylic acids is 1. The minimum atomic E-state index is -0.794. The Morgan fingerprint density at radius 2 is 2.05 bits per heavy atom. The molecule has 1 aromatic carbocycles. The van der Waals surface area contributed by atoms with E-state index in [2.05, 4.69) is 12.2 Å². The predicted octanol–water partition coefficient (Wildman–Crippen LogP) is 2.97. The minimum Gasteiger partial charge on any atom is -0.481 e. The Hall–Kier alpha value is -2.04. The van der Waals surface area contributed by atoms with Gasteiger partial charge in [-0.05, 0) is 42.9 Å². The van der Waals surface area contributed by atoms with Gasteiger partial charge < -0.3 is 15.3 Å². The number of nitrogens with zero attached hydrogens (tertiary/aromatic N) is 1. The summed E-state index contributed by atoms with van der Waals surface area (Å²) in [5.41, 5.74) is 2.00. The number of amides is 2. The van der Waals surface area contributed by atoms with Crippen LogP contribution in [-0.2, 0) is 11.2 Å². The number of carbonyl (C=O) groups is 2. The number of aryl methyl sites for hydroxylation is 1. The van der Waals surface area contributed by atoms with Crippen molar-refractivity contribution in [1.29, 1.82) is 0 Å². The molecule has 5 heteroatoms. The zero-order chi connectivity index (χ0) is 15.2. The average Bonchev–Trinajstić information content (AvgIpc) is 2.47. The molecule has 1 aromatic rings. The lowest BCUT2D eigenvalue weighted by molar-refractivity contribution is -0.138. The fraction of sp³-hybridized carbons (Fsp3) is 0.500. The Bertz CT molecular complexity index is 499. The van der Waals surface area contributed by atoms with E-state index in [1.807, 2.05) is 24.3 Å². The Labute approximate surface area is 125 Å². The number of piperidine rings is 1. The van der Waals surface area contributed by atoms with E-state index in [4.69, 9.17) is 5.11 Å². The third-order valence-corrected chi connectivity index (χ3v) is 3.88. The molecule has 1 aliphatic heterocycles. The number of carboxylic acids is 1. The molecule has 5 nitrogen and oxygen atoms in total. The molecule has 0 aliphatic carbocycles. The fourth-order valence-corrected chi connectivity index (χ4v) is 2.69. The average molecular weight is 290 g/mol. The molecule has 0 aromatic heterocycles. The summed E-state index contributed by atoms with van der Waals surface area (Å²) in [6.45, 7) is 3.30. The van der Waals surface area contributed by atoms with Gasteiger partial charge >= 0.3 is 12.0 Å². The minimum absolute atomic E-state index is 0.0597. The molecule has 0 spiro atoms. The summed E-state index contributed by atoms with van der Waals surface area (Å²) in [4.78, 5) is 24.7. The zero-order valence-corrected chi connectivity index (χ0v) is 12.3. The summed E-state index contributed by atoms with van der Waals surface area (Å²) in [6.07, 6.45) is 2.84. The van der Waals surface area contributed by atoms with Crippen LogP contribution < -0.4 is 5.32 Å². The Kier molecular flexibility index (Phi) is 5.20. The lowest BCUT2D eigenvalue weighted by Crippen LogP contribution is -2.42. The fourth-order valence-electron chi connectivity index (χ4n) is 2.69. The monoisotopic (exact) mass is 290 g/mol. The van der Waals surface area contributed by atoms with Crippen molar-refractivity contribution in [3.05, 3.63) is 29.8 Å². The molecular weight excluding hydrogens is 268 g/mol. The number of hydrogen-bond donors (Lipinski definition) is 2. The second-order valence-electron chi connectivity index (χ2n) is 5.53. The highest BCUT2D eigenvalue weighted by Gasteiger charge is 2.25. The Morgan fingerprint density at radius 3 is 2.67 bits per heavy atom. The molecule has 114 valence electrons. The van der Waals surface area contributed by atoms with Crippen LogP contribution in [0.25, 0.3) is 0 Å². The van der Waals surface area contributed by atoms with Gasteiger partial charge in [0, 0.05) is 25.2 Å². The highest BCUT2D eigenvalue weighted by molar-refractivity contribution is 5.89. The van der Waals surface area contributed by atoms with E-state index in [1.54, 1.807) is 4.90 Å². The number of urea groups is 1. The number of benzene rings is 1. The third-order valence-electron chi connectivity index (χ3n) is 3.88. The van der Waals surface area contributed by atoms with Crippen LogP contribution in [0.4, 0.5) is 10.5 Å². The van der Waals surface area contributed by atoms with Crippen LogP contribution in [-0.4, -0.2) is 35.1 Å². The van der Waals surface area contributed by atoms with Gasteiger partial charge in [-0.25, -0.2) is 4.79 Å². The van der Waals surface area contributed by atoms with E-state index < -0.39 is 5.97 Å². The number of likely N-dealkylation sites (tertiary alicyclic amines) is 1. The van der Waals surface area contributed by atoms with Gasteiger partial charge in [0.25, 0.3) is 0 Å². The van der Waals surface area contributed by atoms with E-state index in [9.17, 15) is 9.59 Å². The first kappa shape index (κ1) is 15.4. The summed E-state index contributed by atoms with van der Waals surface area (Å²) in [5.74, 6) is -0.734. The molecule has 2 N–H and O–H groups in total. The van der Waals surface area contributed by atoms with Crippen molar-refractivity contribution < 1.29 is 14.7 Å². The molecule has 0 saturated carbocycles. The smallest absolute Gasteiger partial charge is 0.321 e. The maximum absolute atomic E-state index is 12.2. The predicted molar refractivity (Wildman–Crippen MR) is 81.4 cm³/mol. The number of carboxylic acid groups (broad SMARTS) is 1. The molecule has 21 heavy (non-hydrogen) atoms. The summed E-state index contributed by atoms with van der Waals surface area (Å²) in [6, 6.07) is 7.65. The molecule has 1 heterocycles. The van der Waals surface area contributed by atoms with Gasteiger partial charge in [0.1, 0.15) is 0 Å². The van der Waals surface area contributed by atoms with E-state index in [0.717, 1.165) is 24.9 Å². The molecule has 1 saturated heterocycles. The second kappa shape index (κ2) is 7.11.